The fourth-order valence-electron chi connectivity index (χ4n) is 3.21. The average molecular weight is 336 g/mol. The molecule has 0 bridgehead atoms. The Kier molecular flexibility index (Phi) is 5.20. The molecule has 3 heterocycles. The normalized spacial score (nSPS) is 19.6. The second-order valence-corrected chi connectivity index (χ2v) is 6.26. The van der Waals surface area contributed by atoms with E-state index in [1.165, 1.54) is 6.92 Å². The first-order valence-corrected chi connectivity index (χ1v) is 8.42. The van der Waals surface area contributed by atoms with Crippen LogP contribution in [0.5, 0.6) is 0 Å². The van der Waals surface area contributed by atoms with Crippen LogP contribution in [0.15, 0.2) is 22.8 Å². The second-order valence-electron chi connectivity index (χ2n) is 6.26. The first-order valence-electron chi connectivity index (χ1n) is 8.42. The maximum Gasteiger partial charge on any atom is 0.224 e. The molecular weight excluding hydrogens is 312 g/mol. The van der Waals surface area contributed by atoms with E-state index < -0.39 is 5.79 Å². The highest BCUT2D eigenvalue weighted by molar-refractivity contribution is 5.78. The molecule has 2 aliphatic heterocycles. The van der Waals surface area contributed by atoms with E-state index in [-0.39, 0.29) is 11.8 Å². The Morgan fingerprint density at radius 1 is 1.25 bits per heavy atom. The molecule has 0 aliphatic carbocycles. The minimum atomic E-state index is -0.471. The van der Waals surface area contributed by atoms with E-state index in [0.29, 0.717) is 64.4 Å². The summed E-state index contributed by atoms with van der Waals surface area (Å²) in [5.41, 5.74) is 0. The van der Waals surface area contributed by atoms with Crippen LogP contribution in [0.1, 0.15) is 31.9 Å². The Morgan fingerprint density at radius 2 is 1.96 bits per heavy atom. The van der Waals surface area contributed by atoms with Crippen LogP contribution in [-0.4, -0.2) is 60.2 Å². The molecule has 0 atom stereocenters. The maximum atomic E-state index is 12.4. The summed E-state index contributed by atoms with van der Waals surface area (Å²) in [6, 6.07) is 3.61. The van der Waals surface area contributed by atoms with E-state index in [0.717, 1.165) is 0 Å². The van der Waals surface area contributed by atoms with Gasteiger partial charge in [0.1, 0.15) is 5.76 Å². The number of amides is 2. The molecule has 1 aromatic rings. The molecule has 7 nitrogen and oxygen atoms in total. The number of hydrogen-bond acceptors (Lipinski definition) is 5. The summed E-state index contributed by atoms with van der Waals surface area (Å²) >= 11 is 0. The Labute approximate surface area is 141 Å². The number of hydrogen-bond donors (Lipinski definition) is 0. The van der Waals surface area contributed by atoms with Crippen LogP contribution in [-0.2, 0) is 25.6 Å². The van der Waals surface area contributed by atoms with E-state index in [1.54, 1.807) is 17.2 Å². The van der Waals surface area contributed by atoms with Gasteiger partial charge in [0.05, 0.1) is 26.0 Å². The van der Waals surface area contributed by atoms with Gasteiger partial charge in [-0.15, -0.1) is 0 Å². The molecular formula is C17H24N2O5. The Hall–Kier alpha value is -1.86. The summed E-state index contributed by atoms with van der Waals surface area (Å²) in [5.74, 6) is 0.243. The number of ether oxygens (including phenoxy) is 2. The van der Waals surface area contributed by atoms with Crippen LogP contribution in [0.4, 0.5) is 0 Å². The lowest BCUT2D eigenvalue weighted by Gasteiger charge is -2.37. The molecule has 2 fully saturated rings. The molecule has 1 aromatic heterocycles. The van der Waals surface area contributed by atoms with Crippen molar-refractivity contribution in [2.75, 3.05) is 32.8 Å². The minimum Gasteiger partial charge on any atom is -0.467 e. The first kappa shape index (κ1) is 17.0. The predicted molar refractivity (Wildman–Crippen MR) is 84.9 cm³/mol. The number of rotatable bonds is 5. The molecule has 7 heteroatoms. The monoisotopic (exact) mass is 336 g/mol. The van der Waals surface area contributed by atoms with E-state index >= 15 is 0 Å². The molecule has 3 rings (SSSR count). The number of carbonyl (C=O) groups is 2. The Bertz CT molecular complexity index is 556. The molecule has 0 unspecified atom stereocenters. The van der Waals surface area contributed by atoms with Crippen LogP contribution in [0.25, 0.3) is 0 Å². The van der Waals surface area contributed by atoms with Crippen molar-refractivity contribution in [1.82, 2.24) is 9.80 Å². The summed E-state index contributed by atoms with van der Waals surface area (Å²) in [7, 11) is 0. The van der Waals surface area contributed by atoms with Crippen molar-refractivity contribution < 1.29 is 23.5 Å². The minimum absolute atomic E-state index is 0.0635. The zero-order valence-electron chi connectivity index (χ0n) is 14.0. The highest BCUT2D eigenvalue weighted by Gasteiger charge is 2.40. The van der Waals surface area contributed by atoms with Crippen molar-refractivity contribution in [2.24, 2.45) is 0 Å². The van der Waals surface area contributed by atoms with Gasteiger partial charge in [-0.1, -0.05) is 0 Å². The molecule has 2 aliphatic rings. The van der Waals surface area contributed by atoms with E-state index in [2.05, 4.69) is 0 Å². The Morgan fingerprint density at radius 3 is 2.54 bits per heavy atom. The van der Waals surface area contributed by atoms with Gasteiger partial charge in [-0.05, 0) is 12.1 Å². The molecule has 2 saturated heterocycles. The smallest absolute Gasteiger partial charge is 0.224 e. The highest BCUT2D eigenvalue weighted by atomic mass is 16.7. The van der Waals surface area contributed by atoms with Gasteiger partial charge in [-0.25, -0.2) is 0 Å². The van der Waals surface area contributed by atoms with Gasteiger partial charge in [0.15, 0.2) is 5.79 Å². The predicted octanol–water partition coefficient (Wildman–Crippen LogP) is 1.38. The molecule has 1 spiro atoms. The van der Waals surface area contributed by atoms with Crippen LogP contribution in [0.2, 0.25) is 0 Å². The lowest BCUT2D eigenvalue weighted by atomic mass is 10.0. The molecule has 132 valence electrons. The van der Waals surface area contributed by atoms with Gasteiger partial charge in [-0.3, -0.25) is 9.59 Å². The molecule has 2 amide bonds. The standard InChI is InChI=1S/C17H24N2O5/c1-14(20)19(13-15-3-2-10-22-15)7-4-16(21)18-8-5-17(6-9-18)23-11-12-24-17/h2-3,10H,4-9,11-13H2,1H3. The summed E-state index contributed by atoms with van der Waals surface area (Å²) in [6.45, 7) is 4.83. The fourth-order valence-corrected chi connectivity index (χ4v) is 3.21. The van der Waals surface area contributed by atoms with Crippen molar-refractivity contribution in [3.63, 3.8) is 0 Å². The molecule has 0 radical (unpaired) electrons. The largest absolute Gasteiger partial charge is 0.467 e. The average Bonchev–Trinajstić information content (AvgIpc) is 3.24. The molecule has 0 saturated carbocycles. The third-order valence-corrected chi connectivity index (χ3v) is 4.66. The second kappa shape index (κ2) is 7.36. The lowest BCUT2D eigenvalue weighted by Crippen LogP contribution is -2.47. The summed E-state index contributed by atoms with van der Waals surface area (Å²) in [5, 5.41) is 0. The molecule has 24 heavy (non-hydrogen) atoms. The van der Waals surface area contributed by atoms with E-state index in [4.69, 9.17) is 13.9 Å². The van der Waals surface area contributed by atoms with Gasteiger partial charge in [0.2, 0.25) is 11.8 Å². The number of nitrogens with zero attached hydrogens (tertiary/aromatic N) is 2. The van der Waals surface area contributed by atoms with Crippen molar-refractivity contribution in [1.29, 1.82) is 0 Å². The summed E-state index contributed by atoms with van der Waals surface area (Å²) in [6.07, 6.45) is 3.31. The fraction of sp³-hybridized carbons (Fsp3) is 0.647. The van der Waals surface area contributed by atoms with Crippen LogP contribution in [0.3, 0.4) is 0 Å². The van der Waals surface area contributed by atoms with Crippen LogP contribution < -0.4 is 0 Å². The number of likely N-dealkylation sites (tertiary alicyclic amines) is 1. The van der Waals surface area contributed by atoms with Crippen molar-refractivity contribution in [3.05, 3.63) is 24.2 Å². The first-order chi connectivity index (χ1) is 11.6. The zero-order chi connectivity index (χ0) is 17.0. The molecule has 0 aromatic carbocycles. The van der Waals surface area contributed by atoms with Crippen molar-refractivity contribution >= 4 is 11.8 Å². The summed E-state index contributed by atoms with van der Waals surface area (Å²) < 4.78 is 16.6. The highest BCUT2D eigenvalue weighted by Crippen LogP contribution is 2.31. The van der Waals surface area contributed by atoms with Crippen LogP contribution in [0, 0.1) is 0 Å². The quantitative estimate of drug-likeness (QED) is 0.812. The summed E-state index contributed by atoms with van der Waals surface area (Å²) in [4.78, 5) is 27.6. The topological polar surface area (TPSA) is 72.2 Å². The van der Waals surface area contributed by atoms with Gasteiger partial charge >= 0.3 is 0 Å². The van der Waals surface area contributed by atoms with Gasteiger partial charge < -0.3 is 23.7 Å². The third-order valence-electron chi connectivity index (χ3n) is 4.66. The van der Waals surface area contributed by atoms with Crippen molar-refractivity contribution in [3.8, 4) is 0 Å². The molecule has 0 N–H and O–H groups in total. The third kappa shape index (κ3) is 3.96. The maximum absolute atomic E-state index is 12.4. The number of carbonyl (C=O) groups excluding carboxylic acids is 2. The SMILES string of the molecule is CC(=O)N(CCC(=O)N1CCC2(CC1)OCCO2)Cc1ccco1. The zero-order valence-corrected chi connectivity index (χ0v) is 14.0. The van der Waals surface area contributed by atoms with Crippen molar-refractivity contribution in [2.45, 2.75) is 38.5 Å². The van der Waals surface area contributed by atoms with E-state index in [1.807, 2.05) is 11.0 Å². The number of piperidine rings is 1. The number of furan rings is 1. The van der Waals surface area contributed by atoms with Gasteiger partial charge in [0.25, 0.3) is 0 Å². The van der Waals surface area contributed by atoms with Gasteiger partial charge in [-0.2, -0.15) is 0 Å². The Balaban J connectivity index is 1.46. The van der Waals surface area contributed by atoms with E-state index in [9.17, 15) is 9.59 Å². The van der Waals surface area contributed by atoms with Crippen LogP contribution >= 0.6 is 0 Å². The van der Waals surface area contributed by atoms with Gasteiger partial charge in [0, 0.05) is 45.8 Å². The lowest BCUT2D eigenvalue weighted by molar-refractivity contribution is -0.187.